The molecule has 2 aromatic heterocycles. The lowest BCUT2D eigenvalue weighted by atomic mass is 10.0. The van der Waals surface area contributed by atoms with Crippen molar-refractivity contribution in [2.45, 2.75) is 39.3 Å². The second-order valence-electron chi connectivity index (χ2n) is 4.57. The number of hydrogen-bond donors (Lipinski definition) is 1. The van der Waals surface area contributed by atoms with E-state index in [1.54, 1.807) is 6.26 Å². The van der Waals surface area contributed by atoms with Gasteiger partial charge in [-0.1, -0.05) is 6.92 Å². The van der Waals surface area contributed by atoms with Crippen molar-refractivity contribution >= 4 is 27.5 Å². The van der Waals surface area contributed by atoms with Crippen LogP contribution in [-0.2, 0) is 19.4 Å². The number of nitrogens with one attached hydrogen (secondary N) is 1. The maximum atomic E-state index is 6.08. The number of furan rings is 1. The van der Waals surface area contributed by atoms with Gasteiger partial charge in [0.15, 0.2) is 5.22 Å². The molecule has 0 fully saturated rings. The number of aromatic nitrogens is 2. The standard InChI is InChI=1S/C14H19BrClN3O/c1-4-10-13(15)12(19(5-2)18-10)8-11(17-3)9-6-7-20-14(9)16/h6-7,11,17H,4-5,8H2,1-3H3. The van der Waals surface area contributed by atoms with E-state index in [4.69, 9.17) is 16.0 Å². The summed E-state index contributed by atoms with van der Waals surface area (Å²) in [6.45, 7) is 5.06. The number of likely N-dealkylation sites (N-methyl/N-ethyl adjacent to an activating group) is 1. The Morgan fingerprint density at radius 3 is 2.75 bits per heavy atom. The maximum Gasteiger partial charge on any atom is 0.197 e. The number of aryl methyl sites for hydroxylation is 2. The molecule has 20 heavy (non-hydrogen) atoms. The first-order chi connectivity index (χ1) is 9.62. The molecule has 0 spiro atoms. The largest absolute Gasteiger partial charge is 0.453 e. The van der Waals surface area contributed by atoms with Crippen LogP contribution in [0.2, 0.25) is 5.22 Å². The summed E-state index contributed by atoms with van der Waals surface area (Å²) in [5, 5.41) is 8.36. The molecule has 0 aliphatic rings. The van der Waals surface area contributed by atoms with Gasteiger partial charge in [-0.25, -0.2) is 0 Å². The van der Waals surface area contributed by atoms with Crippen LogP contribution in [0.1, 0.15) is 36.8 Å². The van der Waals surface area contributed by atoms with Gasteiger partial charge in [-0.15, -0.1) is 0 Å². The molecule has 6 heteroatoms. The van der Waals surface area contributed by atoms with Gasteiger partial charge >= 0.3 is 0 Å². The number of halogens is 2. The molecule has 1 N–H and O–H groups in total. The second kappa shape index (κ2) is 6.78. The van der Waals surface area contributed by atoms with Crippen LogP contribution in [0.5, 0.6) is 0 Å². The van der Waals surface area contributed by atoms with Gasteiger partial charge < -0.3 is 9.73 Å². The Kier molecular flexibility index (Phi) is 5.29. The molecule has 0 aromatic carbocycles. The fraction of sp³-hybridized carbons (Fsp3) is 0.500. The predicted molar refractivity (Wildman–Crippen MR) is 84.2 cm³/mol. The van der Waals surface area contributed by atoms with E-state index in [1.807, 2.05) is 17.8 Å². The van der Waals surface area contributed by atoms with Crippen LogP contribution in [0, 0.1) is 0 Å². The van der Waals surface area contributed by atoms with E-state index in [9.17, 15) is 0 Å². The Morgan fingerprint density at radius 1 is 1.50 bits per heavy atom. The molecule has 0 aliphatic carbocycles. The zero-order valence-corrected chi connectivity index (χ0v) is 14.3. The Bertz CT molecular complexity index is 579. The minimum atomic E-state index is 0.101. The van der Waals surface area contributed by atoms with Crippen molar-refractivity contribution in [2.24, 2.45) is 0 Å². The average molecular weight is 361 g/mol. The molecule has 110 valence electrons. The molecule has 1 atom stereocenters. The minimum absolute atomic E-state index is 0.101. The maximum absolute atomic E-state index is 6.08. The third kappa shape index (κ3) is 2.95. The Labute approximate surface area is 132 Å². The molecule has 0 saturated carbocycles. The molecule has 2 aromatic rings. The fourth-order valence-corrected chi connectivity index (χ4v) is 3.30. The van der Waals surface area contributed by atoms with Gasteiger partial charge in [0.25, 0.3) is 0 Å². The SMILES string of the molecule is CCc1nn(CC)c(CC(NC)c2ccoc2Cl)c1Br. The summed E-state index contributed by atoms with van der Waals surface area (Å²) in [6.07, 6.45) is 3.33. The summed E-state index contributed by atoms with van der Waals surface area (Å²) >= 11 is 9.76. The predicted octanol–water partition coefficient (Wildman–Crippen LogP) is 3.98. The molecule has 2 rings (SSSR count). The van der Waals surface area contributed by atoms with Crippen LogP contribution in [-0.4, -0.2) is 16.8 Å². The van der Waals surface area contributed by atoms with Gasteiger partial charge in [0.2, 0.25) is 0 Å². The zero-order chi connectivity index (χ0) is 14.7. The Morgan fingerprint density at radius 2 is 2.25 bits per heavy atom. The number of nitrogens with zero attached hydrogens (tertiary/aromatic N) is 2. The van der Waals surface area contributed by atoms with Crippen molar-refractivity contribution in [2.75, 3.05) is 7.05 Å². The third-order valence-electron chi connectivity index (χ3n) is 3.46. The summed E-state index contributed by atoms with van der Waals surface area (Å²) in [5.74, 6) is 0. The molecule has 0 amide bonds. The quantitative estimate of drug-likeness (QED) is 0.847. The van der Waals surface area contributed by atoms with Gasteiger partial charge in [-0.05, 0) is 54.0 Å². The normalized spacial score (nSPS) is 12.8. The monoisotopic (exact) mass is 359 g/mol. The highest BCUT2D eigenvalue weighted by Crippen LogP contribution is 2.30. The molecule has 4 nitrogen and oxygen atoms in total. The Hall–Kier alpha value is -0.780. The van der Waals surface area contributed by atoms with Crippen LogP contribution < -0.4 is 5.32 Å². The average Bonchev–Trinajstić information content (AvgIpc) is 3.00. The van der Waals surface area contributed by atoms with Crippen molar-refractivity contribution in [1.82, 2.24) is 15.1 Å². The highest BCUT2D eigenvalue weighted by Gasteiger charge is 2.21. The number of hydrogen-bond acceptors (Lipinski definition) is 3. The summed E-state index contributed by atoms with van der Waals surface area (Å²) in [5.41, 5.74) is 3.25. The molecular formula is C14H19BrClN3O. The van der Waals surface area contributed by atoms with E-state index in [-0.39, 0.29) is 6.04 Å². The highest BCUT2D eigenvalue weighted by atomic mass is 79.9. The summed E-state index contributed by atoms with van der Waals surface area (Å²) in [6, 6.07) is 2.01. The van der Waals surface area contributed by atoms with Crippen molar-refractivity contribution < 1.29 is 4.42 Å². The van der Waals surface area contributed by atoms with Crippen LogP contribution in [0.4, 0.5) is 0 Å². The van der Waals surface area contributed by atoms with Crippen molar-refractivity contribution in [3.63, 3.8) is 0 Å². The van der Waals surface area contributed by atoms with Crippen molar-refractivity contribution in [3.8, 4) is 0 Å². The first kappa shape index (κ1) is 15.6. The van der Waals surface area contributed by atoms with E-state index in [1.165, 1.54) is 5.69 Å². The van der Waals surface area contributed by atoms with E-state index in [2.05, 4.69) is 40.2 Å². The lowest BCUT2D eigenvalue weighted by Crippen LogP contribution is -2.20. The lowest BCUT2D eigenvalue weighted by Gasteiger charge is -2.16. The van der Waals surface area contributed by atoms with E-state index in [0.29, 0.717) is 5.22 Å². The molecular weight excluding hydrogens is 342 g/mol. The van der Waals surface area contributed by atoms with Gasteiger partial charge in [0.05, 0.1) is 22.1 Å². The summed E-state index contributed by atoms with van der Waals surface area (Å²) < 4.78 is 8.33. The van der Waals surface area contributed by atoms with Crippen LogP contribution >= 0.6 is 27.5 Å². The fourth-order valence-electron chi connectivity index (χ4n) is 2.33. The highest BCUT2D eigenvalue weighted by molar-refractivity contribution is 9.10. The van der Waals surface area contributed by atoms with Crippen LogP contribution in [0.15, 0.2) is 21.2 Å². The van der Waals surface area contributed by atoms with Crippen molar-refractivity contribution in [3.05, 3.63) is 39.0 Å². The summed E-state index contributed by atoms with van der Waals surface area (Å²) in [7, 11) is 1.93. The molecule has 0 saturated heterocycles. The van der Waals surface area contributed by atoms with E-state index in [0.717, 1.165) is 35.1 Å². The third-order valence-corrected chi connectivity index (χ3v) is 4.68. The Balaban J connectivity index is 2.32. The van der Waals surface area contributed by atoms with E-state index >= 15 is 0 Å². The van der Waals surface area contributed by atoms with Gasteiger partial charge in [0.1, 0.15) is 0 Å². The second-order valence-corrected chi connectivity index (χ2v) is 5.71. The first-order valence-electron chi connectivity index (χ1n) is 6.76. The summed E-state index contributed by atoms with van der Waals surface area (Å²) in [4.78, 5) is 0. The first-order valence-corrected chi connectivity index (χ1v) is 7.93. The molecule has 2 heterocycles. The van der Waals surface area contributed by atoms with Gasteiger partial charge in [-0.3, -0.25) is 4.68 Å². The molecule has 0 radical (unpaired) electrons. The molecule has 0 aliphatic heterocycles. The minimum Gasteiger partial charge on any atom is -0.453 e. The molecule has 1 unspecified atom stereocenters. The van der Waals surface area contributed by atoms with E-state index < -0.39 is 0 Å². The lowest BCUT2D eigenvalue weighted by molar-refractivity contribution is 0.523. The molecule has 0 bridgehead atoms. The van der Waals surface area contributed by atoms with Gasteiger partial charge in [0, 0.05) is 24.6 Å². The smallest absolute Gasteiger partial charge is 0.197 e. The zero-order valence-electron chi connectivity index (χ0n) is 11.9. The number of rotatable bonds is 6. The van der Waals surface area contributed by atoms with Crippen molar-refractivity contribution in [1.29, 1.82) is 0 Å². The van der Waals surface area contributed by atoms with Crippen LogP contribution in [0.3, 0.4) is 0 Å². The topological polar surface area (TPSA) is 43.0 Å². The van der Waals surface area contributed by atoms with Gasteiger partial charge in [-0.2, -0.15) is 5.10 Å². The van der Waals surface area contributed by atoms with Crippen LogP contribution in [0.25, 0.3) is 0 Å².